The zero-order chi connectivity index (χ0) is 12.5. The highest BCUT2D eigenvalue weighted by atomic mass is 16.3. The van der Waals surface area contributed by atoms with Gasteiger partial charge in [-0.15, -0.1) is 0 Å². The first-order chi connectivity index (χ1) is 7.92. The zero-order valence-corrected chi connectivity index (χ0v) is 10.9. The normalized spacial score (nSPS) is 55.9. The van der Waals surface area contributed by atoms with E-state index in [0.29, 0.717) is 17.8 Å². The second-order valence-electron chi connectivity index (χ2n) is 6.43. The molecule has 0 aromatic heterocycles. The molecule has 2 N–H and O–H groups in total. The molecule has 0 saturated heterocycles. The number of aliphatic hydroxyl groups is 2. The summed E-state index contributed by atoms with van der Waals surface area (Å²) in [5.41, 5.74) is 2.47. The summed E-state index contributed by atoms with van der Waals surface area (Å²) < 4.78 is 0. The molecule has 17 heavy (non-hydrogen) atoms. The van der Waals surface area contributed by atoms with E-state index >= 15 is 0 Å². The molecule has 0 aliphatic heterocycles. The van der Waals surface area contributed by atoms with Crippen LogP contribution in [0, 0.1) is 29.1 Å². The van der Waals surface area contributed by atoms with Crippen molar-refractivity contribution in [2.24, 2.45) is 29.1 Å². The summed E-state index contributed by atoms with van der Waals surface area (Å²) >= 11 is 0. The molecule has 3 aliphatic rings. The minimum absolute atomic E-state index is 0.0301. The predicted molar refractivity (Wildman–Crippen MR) is 67.3 cm³/mol. The molecule has 3 rings (SSSR count). The fourth-order valence-corrected chi connectivity index (χ4v) is 5.16. The molecule has 0 unspecified atom stereocenters. The monoisotopic (exact) mass is 234 g/mol. The van der Waals surface area contributed by atoms with Crippen molar-refractivity contribution in [3.05, 3.63) is 23.8 Å². The average Bonchev–Trinajstić information content (AvgIpc) is 2.81. The van der Waals surface area contributed by atoms with E-state index < -0.39 is 0 Å². The Labute approximate surface area is 103 Å². The van der Waals surface area contributed by atoms with Crippen LogP contribution in [0.3, 0.4) is 0 Å². The minimum Gasteiger partial charge on any atom is -0.393 e. The van der Waals surface area contributed by atoms with Gasteiger partial charge in [0.1, 0.15) is 0 Å². The molecule has 2 fully saturated rings. The highest BCUT2D eigenvalue weighted by molar-refractivity contribution is 5.43. The third-order valence-corrected chi connectivity index (χ3v) is 5.51. The Hall–Kier alpha value is -0.600. The van der Waals surface area contributed by atoms with E-state index in [1.807, 2.05) is 6.08 Å². The smallest absolute Gasteiger partial charge is 0.0763 e. The molecular weight excluding hydrogens is 212 g/mol. The van der Waals surface area contributed by atoms with E-state index in [1.165, 1.54) is 5.57 Å². The van der Waals surface area contributed by atoms with Crippen LogP contribution in [0.5, 0.6) is 0 Å². The number of hydrogen-bond acceptors (Lipinski definition) is 2. The van der Waals surface area contributed by atoms with Crippen LogP contribution in [0.1, 0.15) is 27.2 Å². The van der Waals surface area contributed by atoms with Crippen LogP contribution >= 0.6 is 0 Å². The van der Waals surface area contributed by atoms with Crippen molar-refractivity contribution >= 4 is 0 Å². The Bertz CT molecular complexity index is 411. The van der Waals surface area contributed by atoms with Gasteiger partial charge in [-0.2, -0.15) is 0 Å². The van der Waals surface area contributed by atoms with Crippen molar-refractivity contribution < 1.29 is 10.2 Å². The first-order valence-electron chi connectivity index (χ1n) is 6.62. The van der Waals surface area contributed by atoms with Crippen LogP contribution in [-0.4, -0.2) is 22.4 Å². The fourth-order valence-electron chi connectivity index (χ4n) is 5.16. The zero-order valence-electron chi connectivity index (χ0n) is 10.9. The van der Waals surface area contributed by atoms with Gasteiger partial charge in [0.25, 0.3) is 0 Å². The number of hydrogen-bond donors (Lipinski definition) is 2. The maximum Gasteiger partial charge on any atom is 0.0763 e. The van der Waals surface area contributed by atoms with Gasteiger partial charge in [-0.25, -0.2) is 0 Å². The maximum absolute atomic E-state index is 10.3. The van der Waals surface area contributed by atoms with Gasteiger partial charge in [0.2, 0.25) is 0 Å². The Morgan fingerprint density at radius 3 is 2.65 bits per heavy atom. The maximum atomic E-state index is 10.3. The van der Waals surface area contributed by atoms with Crippen molar-refractivity contribution in [3.63, 3.8) is 0 Å². The Morgan fingerprint density at radius 1 is 1.41 bits per heavy atom. The van der Waals surface area contributed by atoms with Gasteiger partial charge in [-0.1, -0.05) is 30.7 Å². The second-order valence-corrected chi connectivity index (χ2v) is 6.43. The molecule has 0 bridgehead atoms. The Balaban J connectivity index is 2.08. The summed E-state index contributed by atoms with van der Waals surface area (Å²) in [5, 5.41) is 20.6. The first kappa shape index (κ1) is 11.5. The lowest BCUT2D eigenvalue weighted by Crippen LogP contribution is -2.38. The topological polar surface area (TPSA) is 40.5 Å². The molecule has 2 heteroatoms. The van der Waals surface area contributed by atoms with E-state index in [4.69, 9.17) is 0 Å². The van der Waals surface area contributed by atoms with Gasteiger partial charge >= 0.3 is 0 Å². The summed E-state index contributed by atoms with van der Waals surface area (Å²) in [6.07, 6.45) is 2.27. The summed E-state index contributed by atoms with van der Waals surface area (Å²) in [6, 6.07) is 0. The van der Waals surface area contributed by atoms with Crippen molar-refractivity contribution in [1.82, 2.24) is 0 Å². The van der Waals surface area contributed by atoms with Gasteiger partial charge in [-0.3, -0.25) is 0 Å². The number of allylic oxidation sites excluding steroid dienone is 2. The molecule has 2 saturated carbocycles. The predicted octanol–water partition coefficient (Wildman–Crippen LogP) is 2.13. The molecule has 0 aromatic carbocycles. The molecular formula is C15H22O2. The van der Waals surface area contributed by atoms with Crippen molar-refractivity contribution in [2.75, 3.05) is 0 Å². The van der Waals surface area contributed by atoms with Gasteiger partial charge in [-0.05, 0) is 32.1 Å². The lowest BCUT2D eigenvalue weighted by molar-refractivity contribution is 0.00442. The van der Waals surface area contributed by atoms with Crippen LogP contribution < -0.4 is 0 Å². The molecule has 0 radical (unpaired) electrons. The molecule has 0 amide bonds. The number of rotatable bonds is 1. The lowest BCUT2D eigenvalue weighted by Gasteiger charge is -2.37. The summed E-state index contributed by atoms with van der Waals surface area (Å²) in [7, 11) is 0. The SMILES string of the molecule is C=C(C)[C@@H]1[C@@H]2[C@H](O)C[C@H](C)[C@H]3[C@H](O)C=C(C)[C@]321. The molecule has 1 spiro atoms. The summed E-state index contributed by atoms with van der Waals surface area (Å²) in [5.74, 6) is 1.35. The largest absolute Gasteiger partial charge is 0.393 e. The van der Waals surface area contributed by atoms with Crippen LogP contribution in [0.2, 0.25) is 0 Å². The number of aliphatic hydroxyl groups excluding tert-OH is 2. The van der Waals surface area contributed by atoms with Crippen LogP contribution in [0.4, 0.5) is 0 Å². The van der Waals surface area contributed by atoms with Crippen molar-refractivity contribution in [2.45, 2.75) is 39.4 Å². The third-order valence-electron chi connectivity index (χ3n) is 5.51. The van der Waals surface area contributed by atoms with Gasteiger partial charge in [0, 0.05) is 17.3 Å². The van der Waals surface area contributed by atoms with Crippen molar-refractivity contribution in [1.29, 1.82) is 0 Å². The van der Waals surface area contributed by atoms with Crippen LogP contribution in [-0.2, 0) is 0 Å². The first-order valence-corrected chi connectivity index (χ1v) is 6.62. The lowest BCUT2D eigenvalue weighted by atomic mass is 9.69. The molecule has 0 aromatic rings. The van der Waals surface area contributed by atoms with Crippen LogP contribution in [0.25, 0.3) is 0 Å². The van der Waals surface area contributed by atoms with E-state index in [1.54, 1.807) is 0 Å². The van der Waals surface area contributed by atoms with Crippen molar-refractivity contribution in [3.8, 4) is 0 Å². The quantitative estimate of drug-likeness (QED) is 0.682. The minimum atomic E-state index is -0.329. The molecule has 3 aliphatic carbocycles. The fraction of sp³-hybridized carbons (Fsp3) is 0.733. The Morgan fingerprint density at radius 2 is 2.06 bits per heavy atom. The summed E-state index contributed by atoms with van der Waals surface area (Å²) in [4.78, 5) is 0. The highest BCUT2D eigenvalue weighted by Crippen LogP contribution is 2.77. The van der Waals surface area contributed by atoms with Crippen LogP contribution in [0.15, 0.2) is 23.8 Å². The van der Waals surface area contributed by atoms with Gasteiger partial charge in [0.05, 0.1) is 12.2 Å². The molecule has 0 heterocycles. The van der Waals surface area contributed by atoms with Gasteiger partial charge < -0.3 is 10.2 Å². The standard InChI is InChI=1S/C15H22O2/c1-7(2)12-14-10(16)5-8(3)13-11(17)6-9(4)15(12,13)14/h6,8,10-14,16-17H,1,5H2,2-4H3/t8-,10+,11+,12+,13-,14-,15-/m0/s1. The third kappa shape index (κ3) is 1.13. The highest BCUT2D eigenvalue weighted by Gasteiger charge is 2.76. The second kappa shape index (κ2) is 3.24. The molecule has 94 valence electrons. The average molecular weight is 234 g/mol. The summed E-state index contributed by atoms with van der Waals surface area (Å²) in [6.45, 7) is 10.4. The molecule has 7 atom stereocenters. The van der Waals surface area contributed by atoms with E-state index in [9.17, 15) is 10.2 Å². The van der Waals surface area contributed by atoms with E-state index in [2.05, 4.69) is 27.4 Å². The van der Waals surface area contributed by atoms with E-state index in [0.717, 1.165) is 12.0 Å². The molecule has 2 nitrogen and oxygen atoms in total. The van der Waals surface area contributed by atoms with Gasteiger partial charge in [0.15, 0.2) is 0 Å². The Kier molecular flexibility index (Phi) is 2.19. The van der Waals surface area contributed by atoms with E-state index in [-0.39, 0.29) is 23.5 Å².